The van der Waals surface area contributed by atoms with Gasteiger partial charge in [-0.05, 0) is 30.9 Å². The van der Waals surface area contributed by atoms with Crippen molar-refractivity contribution in [1.29, 1.82) is 0 Å². The molecule has 0 radical (unpaired) electrons. The Morgan fingerprint density at radius 2 is 2.13 bits per heavy atom. The Kier molecular flexibility index (Phi) is 4.93. The molecule has 1 aromatic carbocycles. The highest BCUT2D eigenvalue weighted by molar-refractivity contribution is 5.25. The van der Waals surface area contributed by atoms with Crippen LogP contribution in [0.5, 0.6) is 0 Å². The molecule has 0 aliphatic carbocycles. The highest BCUT2D eigenvalue weighted by Crippen LogP contribution is 2.06. The lowest BCUT2D eigenvalue weighted by Gasteiger charge is -2.11. The molecular formula is C14H19N. The second-order valence-corrected chi connectivity index (χ2v) is 3.76. The molecule has 80 valence electrons. The number of hydrogen-bond donors (Lipinski definition) is 1. The minimum atomic E-state index is 0.217. The minimum absolute atomic E-state index is 0.217. The van der Waals surface area contributed by atoms with E-state index in [9.17, 15) is 0 Å². The number of aryl methyl sites for hydroxylation is 1. The van der Waals surface area contributed by atoms with Gasteiger partial charge in [-0.2, -0.15) is 0 Å². The number of rotatable bonds is 5. The third kappa shape index (κ3) is 3.77. The molecule has 0 aliphatic heterocycles. The molecule has 0 spiro atoms. The lowest BCUT2D eigenvalue weighted by atomic mass is 10.1. The maximum absolute atomic E-state index is 5.38. The standard InChI is InChI=1S/C14H19N/c1-4-14(5-2)15-11-10-13-9-7-6-8-12(13)3/h1,6-9,14-15H,5,10-11H2,2-3H3. The summed E-state index contributed by atoms with van der Waals surface area (Å²) in [5.74, 6) is 2.74. The minimum Gasteiger partial charge on any atom is -0.303 e. The third-order valence-electron chi connectivity index (χ3n) is 2.66. The van der Waals surface area contributed by atoms with Crippen LogP contribution in [-0.4, -0.2) is 12.6 Å². The molecule has 0 aliphatic rings. The summed E-state index contributed by atoms with van der Waals surface area (Å²) in [4.78, 5) is 0. The fourth-order valence-corrected chi connectivity index (χ4v) is 1.59. The summed E-state index contributed by atoms with van der Waals surface area (Å²) in [5, 5.41) is 3.36. The molecule has 0 heterocycles. The summed E-state index contributed by atoms with van der Waals surface area (Å²) in [6.45, 7) is 5.20. The van der Waals surface area contributed by atoms with Crippen molar-refractivity contribution in [2.24, 2.45) is 0 Å². The smallest absolute Gasteiger partial charge is 0.0684 e. The molecule has 0 fully saturated rings. The van der Waals surface area contributed by atoms with E-state index < -0.39 is 0 Å². The van der Waals surface area contributed by atoms with Gasteiger partial charge in [0.25, 0.3) is 0 Å². The quantitative estimate of drug-likeness (QED) is 0.722. The SMILES string of the molecule is C#CC(CC)NCCc1ccccc1C. The maximum atomic E-state index is 5.38. The molecule has 0 saturated heterocycles. The molecule has 0 saturated carbocycles. The van der Waals surface area contributed by atoms with E-state index >= 15 is 0 Å². The molecular weight excluding hydrogens is 182 g/mol. The van der Waals surface area contributed by atoms with E-state index in [1.165, 1.54) is 11.1 Å². The van der Waals surface area contributed by atoms with Crippen molar-refractivity contribution in [1.82, 2.24) is 5.32 Å². The zero-order valence-electron chi connectivity index (χ0n) is 9.59. The van der Waals surface area contributed by atoms with E-state index in [2.05, 4.69) is 49.4 Å². The van der Waals surface area contributed by atoms with E-state index in [-0.39, 0.29) is 6.04 Å². The number of benzene rings is 1. The second-order valence-electron chi connectivity index (χ2n) is 3.76. The van der Waals surface area contributed by atoms with E-state index in [0.29, 0.717) is 0 Å². The van der Waals surface area contributed by atoms with Gasteiger partial charge in [-0.1, -0.05) is 37.1 Å². The largest absolute Gasteiger partial charge is 0.303 e. The highest BCUT2D eigenvalue weighted by atomic mass is 14.9. The maximum Gasteiger partial charge on any atom is 0.0684 e. The fraction of sp³-hybridized carbons (Fsp3) is 0.429. The van der Waals surface area contributed by atoms with Crippen LogP contribution in [0.25, 0.3) is 0 Å². The zero-order valence-corrected chi connectivity index (χ0v) is 9.59. The summed E-state index contributed by atoms with van der Waals surface area (Å²) < 4.78 is 0. The van der Waals surface area contributed by atoms with Gasteiger partial charge in [0.05, 0.1) is 6.04 Å². The first kappa shape index (κ1) is 11.8. The Bertz CT molecular complexity index is 335. The number of nitrogens with one attached hydrogen (secondary N) is 1. The lowest BCUT2D eigenvalue weighted by molar-refractivity contribution is 0.593. The molecule has 1 rings (SSSR count). The van der Waals surface area contributed by atoms with Crippen molar-refractivity contribution in [2.75, 3.05) is 6.54 Å². The van der Waals surface area contributed by atoms with E-state index in [0.717, 1.165) is 19.4 Å². The summed E-state index contributed by atoms with van der Waals surface area (Å²) in [6.07, 6.45) is 7.42. The van der Waals surface area contributed by atoms with Gasteiger partial charge in [0.15, 0.2) is 0 Å². The van der Waals surface area contributed by atoms with Crippen LogP contribution in [0.2, 0.25) is 0 Å². The van der Waals surface area contributed by atoms with Gasteiger partial charge in [0.2, 0.25) is 0 Å². The molecule has 1 atom stereocenters. The van der Waals surface area contributed by atoms with Crippen molar-refractivity contribution in [3.8, 4) is 12.3 Å². The van der Waals surface area contributed by atoms with Crippen molar-refractivity contribution in [3.63, 3.8) is 0 Å². The van der Waals surface area contributed by atoms with Gasteiger partial charge >= 0.3 is 0 Å². The van der Waals surface area contributed by atoms with Crippen LogP contribution in [0.15, 0.2) is 24.3 Å². The van der Waals surface area contributed by atoms with Gasteiger partial charge in [0, 0.05) is 6.54 Å². The van der Waals surface area contributed by atoms with Gasteiger partial charge < -0.3 is 5.32 Å². The van der Waals surface area contributed by atoms with Crippen LogP contribution in [0.4, 0.5) is 0 Å². The van der Waals surface area contributed by atoms with Gasteiger partial charge in [-0.15, -0.1) is 6.42 Å². The van der Waals surface area contributed by atoms with Crippen LogP contribution in [0.3, 0.4) is 0 Å². The predicted molar refractivity (Wildman–Crippen MR) is 65.8 cm³/mol. The van der Waals surface area contributed by atoms with Crippen molar-refractivity contribution < 1.29 is 0 Å². The summed E-state index contributed by atoms with van der Waals surface area (Å²) in [7, 11) is 0. The number of terminal acetylenes is 1. The van der Waals surface area contributed by atoms with Gasteiger partial charge in [-0.3, -0.25) is 0 Å². The number of hydrogen-bond acceptors (Lipinski definition) is 1. The van der Waals surface area contributed by atoms with E-state index in [1.54, 1.807) is 0 Å². The normalized spacial score (nSPS) is 12.1. The van der Waals surface area contributed by atoms with E-state index in [4.69, 9.17) is 6.42 Å². The molecule has 0 bridgehead atoms. The highest BCUT2D eigenvalue weighted by Gasteiger charge is 2.01. The fourth-order valence-electron chi connectivity index (χ4n) is 1.59. The molecule has 0 amide bonds. The van der Waals surface area contributed by atoms with Crippen LogP contribution in [0, 0.1) is 19.3 Å². The van der Waals surface area contributed by atoms with Crippen LogP contribution in [-0.2, 0) is 6.42 Å². The van der Waals surface area contributed by atoms with Crippen LogP contribution >= 0.6 is 0 Å². The van der Waals surface area contributed by atoms with E-state index in [1.807, 2.05) is 0 Å². The Balaban J connectivity index is 2.39. The lowest BCUT2D eigenvalue weighted by Crippen LogP contribution is -2.28. The van der Waals surface area contributed by atoms with Gasteiger partial charge in [0.1, 0.15) is 0 Å². The van der Waals surface area contributed by atoms with Crippen molar-refractivity contribution >= 4 is 0 Å². The summed E-state index contributed by atoms with van der Waals surface area (Å²) >= 11 is 0. The van der Waals surface area contributed by atoms with Crippen LogP contribution < -0.4 is 5.32 Å². The van der Waals surface area contributed by atoms with Crippen LogP contribution in [0.1, 0.15) is 24.5 Å². The molecule has 15 heavy (non-hydrogen) atoms. The Labute approximate surface area is 92.9 Å². The average Bonchev–Trinajstić information content (AvgIpc) is 2.27. The summed E-state index contributed by atoms with van der Waals surface area (Å²) in [6, 6.07) is 8.69. The molecule has 1 heteroatoms. The molecule has 1 nitrogen and oxygen atoms in total. The first-order valence-corrected chi connectivity index (χ1v) is 5.52. The molecule has 1 unspecified atom stereocenters. The van der Waals surface area contributed by atoms with Crippen molar-refractivity contribution in [2.45, 2.75) is 32.7 Å². The monoisotopic (exact) mass is 201 g/mol. The summed E-state index contributed by atoms with van der Waals surface area (Å²) in [5.41, 5.74) is 2.75. The molecule has 0 aromatic heterocycles. The second kappa shape index (κ2) is 6.27. The average molecular weight is 201 g/mol. The molecule has 1 N–H and O–H groups in total. The topological polar surface area (TPSA) is 12.0 Å². The predicted octanol–water partition coefficient (Wildman–Crippen LogP) is 2.54. The first-order chi connectivity index (χ1) is 7.27. The third-order valence-corrected chi connectivity index (χ3v) is 2.66. The van der Waals surface area contributed by atoms with Crippen molar-refractivity contribution in [3.05, 3.63) is 35.4 Å². The Morgan fingerprint density at radius 1 is 1.40 bits per heavy atom. The zero-order chi connectivity index (χ0) is 11.1. The Morgan fingerprint density at radius 3 is 2.73 bits per heavy atom. The first-order valence-electron chi connectivity index (χ1n) is 5.52. The molecule has 1 aromatic rings. The van der Waals surface area contributed by atoms with Gasteiger partial charge in [-0.25, -0.2) is 0 Å². The Hall–Kier alpha value is -1.26.